The van der Waals surface area contributed by atoms with Crippen molar-refractivity contribution in [2.75, 3.05) is 42.1 Å². The second-order valence-electron chi connectivity index (χ2n) is 8.33. The molecular weight excluding hydrogens is 460 g/mol. The van der Waals surface area contributed by atoms with E-state index in [2.05, 4.69) is 39.1 Å². The number of allylic oxidation sites excluding steroid dienone is 1. The summed E-state index contributed by atoms with van der Waals surface area (Å²) in [6.07, 6.45) is 1.83. The Labute approximate surface area is 210 Å². The number of para-hydroxylation sites is 2. The minimum atomic E-state index is -0.166. The smallest absolute Gasteiger partial charge is 0.233 e. The number of carbonyl (C=O) groups is 2. The quantitative estimate of drug-likeness (QED) is 0.366. The average molecular weight is 491 g/mol. The lowest BCUT2D eigenvalue weighted by atomic mass is 10.2. The SMILES string of the molecule is C=CCn1c(CC(=O)Nc2ccccc2C)nnc1SCC(=O)N1CCN(c2ccccc2)CC1. The van der Waals surface area contributed by atoms with Gasteiger partial charge in [-0.25, -0.2) is 0 Å². The molecule has 2 amide bonds. The normalized spacial score (nSPS) is 13.5. The molecule has 8 nitrogen and oxygen atoms in total. The van der Waals surface area contributed by atoms with Crippen LogP contribution in [0.2, 0.25) is 0 Å². The summed E-state index contributed by atoms with van der Waals surface area (Å²) < 4.78 is 1.84. The molecule has 0 radical (unpaired) electrons. The standard InChI is InChI=1S/C26H30N6O2S/c1-3-13-32-23(18-24(33)27-22-12-8-7-9-20(22)2)28-29-26(32)35-19-25(34)31-16-14-30(15-17-31)21-10-5-4-6-11-21/h3-12H,1,13-19H2,2H3,(H,27,33). The van der Waals surface area contributed by atoms with Crippen LogP contribution in [0.4, 0.5) is 11.4 Å². The van der Waals surface area contributed by atoms with E-state index in [1.165, 1.54) is 17.4 Å². The van der Waals surface area contributed by atoms with Crippen LogP contribution in [0.25, 0.3) is 0 Å². The predicted octanol–water partition coefficient (Wildman–Crippen LogP) is 3.39. The summed E-state index contributed by atoms with van der Waals surface area (Å²) in [7, 11) is 0. The number of hydrogen-bond acceptors (Lipinski definition) is 6. The molecule has 182 valence electrons. The molecule has 0 aliphatic carbocycles. The summed E-state index contributed by atoms with van der Waals surface area (Å²) in [5, 5.41) is 12.0. The van der Waals surface area contributed by atoms with Gasteiger partial charge >= 0.3 is 0 Å². The maximum atomic E-state index is 12.8. The predicted molar refractivity (Wildman–Crippen MR) is 140 cm³/mol. The Balaban J connectivity index is 1.32. The number of rotatable bonds is 9. The van der Waals surface area contributed by atoms with Crippen molar-refractivity contribution in [3.8, 4) is 0 Å². The van der Waals surface area contributed by atoms with Crippen LogP contribution in [0.1, 0.15) is 11.4 Å². The van der Waals surface area contributed by atoms with Gasteiger partial charge in [-0.2, -0.15) is 0 Å². The lowest BCUT2D eigenvalue weighted by Gasteiger charge is -2.36. The topological polar surface area (TPSA) is 83.4 Å². The van der Waals surface area contributed by atoms with Gasteiger partial charge in [0.05, 0.1) is 12.2 Å². The zero-order chi connectivity index (χ0) is 24.6. The summed E-state index contributed by atoms with van der Waals surface area (Å²) in [4.78, 5) is 29.7. The fourth-order valence-corrected chi connectivity index (χ4v) is 4.86. The summed E-state index contributed by atoms with van der Waals surface area (Å²) in [5.74, 6) is 0.730. The number of carbonyl (C=O) groups excluding carboxylic acids is 2. The fourth-order valence-electron chi connectivity index (χ4n) is 3.99. The van der Waals surface area contributed by atoms with Crippen LogP contribution < -0.4 is 10.2 Å². The van der Waals surface area contributed by atoms with E-state index in [0.717, 1.165) is 24.3 Å². The molecule has 1 aliphatic heterocycles. The number of thioether (sulfide) groups is 1. The van der Waals surface area contributed by atoms with E-state index in [-0.39, 0.29) is 24.0 Å². The third kappa shape index (κ3) is 6.30. The Morgan fingerprint density at radius 1 is 1.03 bits per heavy atom. The van der Waals surface area contributed by atoms with Crippen molar-refractivity contribution in [1.82, 2.24) is 19.7 Å². The van der Waals surface area contributed by atoms with E-state index in [4.69, 9.17) is 0 Å². The molecule has 2 heterocycles. The number of aromatic nitrogens is 3. The van der Waals surface area contributed by atoms with Gasteiger partial charge in [-0.1, -0.05) is 54.2 Å². The van der Waals surface area contributed by atoms with Crippen LogP contribution in [0.3, 0.4) is 0 Å². The van der Waals surface area contributed by atoms with Gasteiger partial charge in [-0.3, -0.25) is 9.59 Å². The van der Waals surface area contributed by atoms with Crippen LogP contribution >= 0.6 is 11.8 Å². The highest BCUT2D eigenvalue weighted by atomic mass is 32.2. The highest BCUT2D eigenvalue weighted by Crippen LogP contribution is 2.21. The largest absolute Gasteiger partial charge is 0.368 e. The van der Waals surface area contributed by atoms with Crippen LogP contribution in [0.15, 0.2) is 72.4 Å². The van der Waals surface area contributed by atoms with Crippen molar-refractivity contribution in [2.24, 2.45) is 0 Å². The molecule has 0 spiro atoms. The third-order valence-electron chi connectivity index (χ3n) is 5.92. The summed E-state index contributed by atoms with van der Waals surface area (Å²) >= 11 is 1.35. The first-order chi connectivity index (χ1) is 17.0. The summed E-state index contributed by atoms with van der Waals surface area (Å²) in [5.41, 5.74) is 2.96. The van der Waals surface area contributed by atoms with Crippen molar-refractivity contribution in [2.45, 2.75) is 25.0 Å². The van der Waals surface area contributed by atoms with Crippen LogP contribution in [0.5, 0.6) is 0 Å². The van der Waals surface area contributed by atoms with Gasteiger partial charge in [0.15, 0.2) is 5.16 Å². The van der Waals surface area contributed by atoms with Crippen molar-refractivity contribution < 1.29 is 9.59 Å². The lowest BCUT2D eigenvalue weighted by molar-refractivity contribution is -0.128. The molecule has 0 unspecified atom stereocenters. The zero-order valence-corrected chi connectivity index (χ0v) is 20.7. The molecule has 1 saturated heterocycles. The fraction of sp³-hybridized carbons (Fsp3) is 0.308. The number of nitrogens with zero attached hydrogens (tertiary/aromatic N) is 5. The lowest BCUT2D eigenvalue weighted by Crippen LogP contribution is -2.49. The number of anilines is 2. The molecule has 0 saturated carbocycles. The number of nitrogens with one attached hydrogen (secondary N) is 1. The number of benzene rings is 2. The maximum Gasteiger partial charge on any atom is 0.233 e. The Kier molecular flexibility index (Phi) is 8.20. The van der Waals surface area contributed by atoms with Gasteiger partial charge in [-0.15, -0.1) is 16.8 Å². The number of hydrogen-bond donors (Lipinski definition) is 1. The Morgan fingerprint density at radius 2 is 1.74 bits per heavy atom. The number of amides is 2. The minimum Gasteiger partial charge on any atom is -0.368 e. The average Bonchev–Trinajstić information content (AvgIpc) is 3.25. The van der Waals surface area contributed by atoms with Gasteiger partial charge < -0.3 is 19.7 Å². The van der Waals surface area contributed by atoms with E-state index < -0.39 is 0 Å². The highest BCUT2D eigenvalue weighted by molar-refractivity contribution is 7.99. The van der Waals surface area contributed by atoms with Gasteiger partial charge in [0.25, 0.3) is 0 Å². The van der Waals surface area contributed by atoms with Gasteiger partial charge in [-0.05, 0) is 30.7 Å². The van der Waals surface area contributed by atoms with E-state index in [0.29, 0.717) is 30.6 Å². The van der Waals surface area contributed by atoms with E-state index in [9.17, 15) is 9.59 Å². The van der Waals surface area contributed by atoms with Crippen molar-refractivity contribution >= 4 is 35.0 Å². The molecule has 1 N–H and O–H groups in total. The molecule has 2 aromatic carbocycles. The second-order valence-corrected chi connectivity index (χ2v) is 9.27. The van der Waals surface area contributed by atoms with Crippen LogP contribution in [-0.2, 0) is 22.6 Å². The first kappa shape index (κ1) is 24.5. The van der Waals surface area contributed by atoms with Crippen molar-refractivity contribution in [3.63, 3.8) is 0 Å². The zero-order valence-electron chi connectivity index (χ0n) is 19.9. The first-order valence-electron chi connectivity index (χ1n) is 11.6. The van der Waals surface area contributed by atoms with Crippen molar-refractivity contribution in [3.05, 3.63) is 78.6 Å². The van der Waals surface area contributed by atoms with E-state index >= 15 is 0 Å². The summed E-state index contributed by atoms with van der Waals surface area (Å²) in [6.45, 7) is 9.23. The molecule has 9 heteroatoms. The highest BCUT2D eigenvalue weighted by Gasteiger charge is 2.23. The van der Waals surface area contributed by atoms with Crippen LogP contribution in [0, 0.1) is 6.92 Å². The first-order valence-corrected chi connectivity index (χ1v) is 12.6. The molecule has 0 atom stereocenters. The third-order valence-corrected chi connectivity index (χ3v) is 6.87. The molecule has 4 rings (SSSR count). The Hall–Kier alpha value is -3.59. The second kappa shape index (κ2) is 11.7. The van der Waals surface area contributed by atoms with Gasteiger partial charge in [0.2, 0.25) is 11.8 Å². The molecule has 35 heavy (non-hydrogen) atoms. The summed E-state index contributed by atoms with van der Waals surface area (Å²) in [6, 6.07) is 17.9. The Bertz CT molecular complexity index is 1170. The Morgan fingerprint density at radius 3 is 2.46 bits per heavy atom. The molecule has 1 aromatic heterocycles. The van der Waals surface area contributed by atoms with Crippen LogP contribution in [-0.4, -0.2) is 63.4 Å². The minimum absolute atomic E-state index is 0.0784. The van der Waals surface area contributed by atoms with Gasteiger partial charge in [0.1, 0.15) is 5.82 Å². The monoisotopic (exact) mass is 490 g/mol. The number of aryl methyl sites for hydroxylation is 1. The molecule has 1 fully saturated rings. The van der Waals surface area contributed by atoms with E-state index in [1.807, 2.05) is 58.9 Å². The molecular formula is C26H30N6O2S. The molecule has 3 aromatic rings. The maximum absolute atomic E-state index is 12.8. The van der Waals surface area contributed by atoms with Gasteiger partial charge in [0, 0.05) is 44.1 Å². The number of piperazine rings is 1. The molecule has 0 bridgehead atoms. The van der Waals surface area contributed by atoms with Crippen molar-refractivity contribution in [1.29, 1.82) is 0 Å². The van der Waals surface area contributed by atoms with E-state index in [1.54, 1.807) is 6.08 Å². The molecule has 1 aliphatic rings.